The Morgan fingerprint density at radius 1 is 1.22 bits per heavy atom. The molecular weight excluding hydrogens is 370 g/mol. The number of rotatable bonds is 3. The third-order valence-electron chi connectivity index (χ3n) is 4.74. The standard InChI is InChI=1S/C17H24ClN7O2/c1-12-14-16(23-25(12)5-4-24-6-9-26-10-7-24)27-8-2-3-19-15-13(18)11-20-17(21-14)22-15/h11H,2-10H2,1H3,(H2,19,20,21,22). The van der Waals surface area contributed by atoms with Crippen molar-refractivity contribution in [1.82, 2.24) is 24.6 Å². The van der Waals surface area contributed by atoms with E-state index in [1.807, 2.05) is 11.6 Å². The van der Waals surface area contributed by atoms with Crippen LogP contribution >= 0.6 is 11.6 Å². The number of ether oxygens (including phenoxy) is 2. The average molecular weight is 394 g/mol. The highest BCUT2D eigenvalue weighted by atomic mass is 35.5. The molecule has 146 valence electrons. The van der Waals surface area contributed by atoms with Crippen molar-refractivity contribution in [3.63, 3.8) is 0 Å². The van der Waals surface area contributed by atoms with Gasteiger partial charge in [0.05, 0.1) is 38.3 Å². The number of hydrogen-bond donors (Lipinski definition) is 2. The van der Waals surface area contributed by atoms with Crippen LogP contribution in [0.4, 0.5) is 17.5 Å². The summed E-state index contributed by atoms with van der Waals surface area (Å²) >= 11 is 6.17. The smallest absolute Gasteiger partial charge is 0.257 e. The molecule has 0 amide bonds. The minimum atomic E-state index is 0.462. The second-order valence-corrected chi connectivity index (χ2v) is 6.99. The van der Waals surface area contributed by atoms with Gasteiger partial charge in [0.1, 0.15) is 10.7 Å². The predicted molar refractivity (Wildman–Crippen MR) is 103 cm³/mol. The molecule has 10 heteroatoms. The van der Waals surface area contributed by atoms with Crippen LogP contribution in [-0.2, 0) is 11.3 Å². The Labute approximate surface area is 163 Å². The van der Waals surface area contributed by atoms with Crippen LogP contribution in [0.5, 0.6) is 5.88 Å². The van der Waals surface area contributed by atoms with E-state index in [1.54, 1.807) is 6.20 Å². The molecule has 0 spiro atoms. The minimum absolute atomic E-state index is 0.462. The monoisotopic (exact) mass is 393 g/mol. The van der Waals surface area contributed by atoms with Gasteiger partial charge in [0.15, 0.2) is 5.82 Å². The van der Waals surface area contributed by atoms with Gasteiger partial charge in [0.25, 0.3) is 5.88 Å². The van der Waals surface area contributed by atoms with Gasteiger partial charge in [0, 0.05) is 26.2 Å². The molecule has 2 bridgehead atoms. The Kier molecular flexibility index (Phi) is 5.61. The normalized spacial score (nSPS) is 17.9. The van der Waals surface area contributed by atoms with E-state index in [4.69, 9.17) is 21.1 Å². The highest BCUT2D eigenvalue weighted by Gasteiger charge is 2.20. The number of hydrogen-bond acceptors (Lipinski definition) is 8. The molecular formula is C17H24ClN7O2. The Bertz CT molecular complexity index is 792. The number of halogens is 1. The van der Waals surface area contributed by atoms with Gasteiger partial charge in [-0.05, 0) is 13.3 Å². The first kappa shape index (κ1) is 18.3. The minimum Gasteiger partial charge on any atom is -0.475 e. The molecule has 0 saturated carbocycles. The van der Waals surface area contributed by atoms with Crippen LogP contribution in [0.3, 0.4) is 0 Å². The fourth-order valence-electron chi connectivity index (χ4n) is 3.15. The zero-order valence-corrected chi connectivity index (χ0v) is 16.1. The first-order valence-electron chi connectivity index (χ1n) is 9.24. The number of nitrogens with zero attached hydrogens (tertiary/aromatic N) is 5. The Morgan fingerprint density at radius 3 is 2.93 bits per heavy atom. The summed E-state index contributed by atoms with van der Waals surface area (Å²) in [5, 5.41) is 11.6. The van der Waals surface area contributed by atoms with Crippen molar-refractivity contribution >= 4 is 29.1 Å². The van der Waals surface area contributed by atoms with E-state index in [-0.39, 0.29) is 0 Å². The van der Waals surface area contributed by atoms with E-state index >= 15 is 0 Å². The lowest BCUT2D eigenvalue weighted by molar-refractivity contribution is 0.0358. The SMILES string of the molecule is Cc1c2c(nn1CCN1CCOCC1)OCCCNc1nc(ncc1Cl)N2. The highest BCUT2D eigenvalue weighted by Crippen LogP contribution is 2.31. The maximum Gasteiger partial charge on any atom is 0.257 e. The number of morpholine rings is 1. The molecule has 27 heavy (non-hydrogen) atoms. The van der Waals surface area contributed by atoms with E-state index < -0.39 is 0 Å². The van der Waals surface area contributed by atoms with E-state index in [9.17, 15) is 0 Å². The predicted octanol–water partition coefficient (Wildman–Crippen LogP) is 1.91. The summed E-state index contributed by atoms with van der Waals surface area (Å²) in [6.07, 6.45) is 2.41. The Hall–Kier alpha value is -2.10. The van der Waals surface area contributed by atoms with Gasteiger partial charge in [0.2, 0.25) is 5.95 Å². The van der Waals surface area contributed by atoms with Crippen LogP contribution in [0.15, 0.2) is 6.20 Å². The zero-order chi connectivity index (χ0) is 18.6. The number of fused-ring (bicyclic) bond motifs is 3. The van der Waals surface area contributed by atoms with Crippen LogP contribution in [-0.4, -0.2) is 70.6 Å². The van der Waals surface area contributed by atoms with E-state index in [0.717, 1.165) is 57.2 Å². The highest BCUT2D eigenvalue weighted by molar-refractivity contribution is 6.32. The lowest BCUT2D eigenvalue weighted by atomic mass is 10.3. The zero-order valence-electron chi connectivity index (χ0n) is 15.4. The van der Waals surface area contributed by atoms with E-state index in [2.05, 4.69) is 30.6 Å². The van der Waals surface area contributed by atoms with Gasteiger partial charge in [-0.3, -0.25) is 9.58 Å². The van der Waals surface area contributed by atoms with Gasteiger partial charge in [-0.25, -0.2) is 4.98 Å². The van der Waals surface area contributed by atoms with Crippen LogP contribution in [0.2, 0.25) is 5.02 Å². The molecule has 0 atom stereocenters. The Balaban J connectivity index is 1.56. The van der Waals surface area contributed by atoms with Crippen LogP contribution in [0.25, 0.3) is 0 Å². The van der Waals surface area contributed by atoms with Crippen molar-refractivity contribution < 1.29 is 9.47 Å². The van der Waals surface area contributed by atoms with Crippen molar-refractivity contribution in [2.45, 2.75) is 19.9 Å². The van der Waals surface area contributed by atoms with Crippen molar-refractivity contribution in [3.05, 3.63) is 16.9 Å². The molecule has 0 radical (unpaired) electrons. The molecule has 4 rings (SSSR count). The van der Waals surface area contributed by atoms with Crippen LogP contribution in [0.1, 0.15) is 12.1 Å². The largest absolute Gasteiger partial charge is 0.475 e. The topological polar surface area (TPSA) is 89.4 Å². The molecule has 2 aromatic rings. The molecule has 1 fully saturated rings. The molecule has 0 unspecified atom stereocenters. The molecule has 2 aliphatic rings. The quantitative estimate of drug-likeness (QED) is 0.817. The van der Waals surface area contributed by atoms with Gasteiger partial charge in [-0.1, -0.05) is 11.6 Å². The van der Waals surface area contributed by atoms with Crippen LogP contribution in [0, 0.1) is 6.92 Å². The fraction of sp³-hybridized carbons (Fsp3) is 0.588. The summed E-state index contributed by atoms with van der Waals surface area (Å²) in [7, 11) is 0. The second kappa shape index (κ2) is 8.28. The molecule has 2 N–H and O–H groups in total. The number of aromatic nitrogens is 4. The van der Waals surface area contributed by atoms with Gasteiger partial charge in [-0.15, -0.1) is 5.10 Å². The second-order valence-electron chi connectivity index (χ2n) is 6.59. The molecule has 9 nitrogen and oxygen atoms in total. The average Bonchev–Trinajstić information content (AvgIpc) is 2.96. The lowest BCUT2D eigenvalue weighted by Gasteiger charge is -2.26. The molecule has 0 aliphatic carbocycles. The van der Waals surface area contributed by atoms with Crippen LogP contribution < -0.4 is 15.4 Å². The third kappa shape index (κ3) is 4.26. The van der Waals surface area contributed by atoms with Crippen molar-refractivity contribution in [1.29, 1.82) is 0 Å². The molecule has 1 saturated heterocycles. The van der Waals surface area contributed by atoms with E-state index in [0.29, 0.717) is 35.8 Å². The molecule has 2 aromatic heterocycles. The number of anilines is 3. The van der Waals surface area contributed by atoms with Crippen molar-refractivity contribution in [2.24, 2.45) is 0 Å². The first-order valence-corrected chi connectivity index (χ1v) is 9.62. The summed E-state index contributed by atoms with van der Waals surface area (Å²) in [6, 6.07) is 0. The summed E-state index contributed by atoms with van der Waals surface area (Å²) in [5.41, 5.74) is 1.79. The lowest BCUT2D eigenvalue weighted by Crippen LogP contribution is -2.38. The first-order chi connectivity index (χ1) is 13.2. The summed E-state index contributed by atoms with van der Waals surface area (Å²) in [5.74, 6) is 1.66. The Morgan fingerprint density at radius 2 is 2.07 bits per heavy atom. The summed E-state index contributed by atoms with van der Waals surface area (Å²) in [6.45, 7) is 8.52. The maximum absolute atomic E-state index is 6.17. The van der Waals surface area contributed by atoms with Crippen molar-refractivity contribution in [2.75, 3.05) is 56.6 Å². The maximum atomic E-state index is 6.17. The molecule has 4 heterocycles. The molecule has 0 aromatic carbocycles. The van der Waals surface area contributed by atoms with Crippen molar-refractivity contribution in [3.8, 4) is 5.88 Å². The van der Waals surface area contributed by atoms with Gasteiger partial charge in [-0.2, -0.15) is 4.98 Å². The summed E-state index contributed by atoms with van der Waals surface area (Å²) < 4.78 is 13.3. The summed E-state index contributed by atoms with van der Waals surface area (Å²) in [4.78, 5) is 11.1. The molecule has 2 aliphatic heterocycles. The fourth-order valence-corrected chi connectivity index (χ4v) is 3.31. The van der Waals surface area contributed by atoms with Gasteiger partial charge >= 0.3 is 0 Å². The third-order valence-corrected chi connectivity index (χ3v) is 5.02. The van der Waals surface area contributed by atoms with Gasteiger partial charge < -0.3 is 20.1 Å². The number of nitrogens with one attached hydrogen (secondary N) is 2. The van der Waals surface area contributed by atoms with E-state index in [1.165, 1.54) is 0 Å².